The zero-order chi connectivity index (χ0) is 16.3. The average molecular weight is 302 g/mol. The lowest BCUT2D eigenvalue weighted by Crippen LogP contribution is -2.27. The largest absolute Gasteiger partial charge is 0.452 e. The summed E-state index contributed by atoms with van der Waals surface area (Å²) in [7, 11) is 3.20. The molecule has 2 aromatic rings. The summed E-state index contributed by atoms with van der Waals surface area (Å²) in [6, 6.07) is 5.22. The van der Waals surface area contributed by atoms with E-state index in [1.54, 1.807) is 30.9 Å². The lowest BCUT2D eigenvalue weighted by molar-refractivity contribution is -0.131. The van der Waals surface area contributed by atoms with Gasteiger partial charge in [-0.25, -0.2) is 14.5 Å². The maximum atomic E-state index is 11.8. The van der Waals surface area contributed by atoms with Gasteiger partial charge in [-0.05, 0) is 32.0 Å². The van der Waals surface area contributed by atoms with Gasteiger partial charge in [0.2, 0.25) is 0 Å². The van der Waals surface area contributed by atoms with Crippen molar-refractivity contribution in [2.75, 3.05) is 20.7 Å². The molecule has 0 saturated carbocycles. The van der Waals surface area contributed by atoms with Crippen molar-refractivity contribution in [3.63, 3.8) is 0 Å². The number of aromatic nitrogens is 3. The van der Waals surface area contributed by atoms with E-state index in [2.05, 4.69) is 10.1 Å². The molecule has 2 rings (SSSR count). The third-order valence-corrected chi connectivity index (χ3v) is 3.04. The molecule has 1 amide bonds. The highest BCUT2D eigenvalue weighted by atomic mass is 16.5. The van der Waals surface area contributed by atoms with E-state index in [-0.39, 0.29) is 18.1 Å². The molecule has 2 heterocycles. The Labute approximate surface area is 128 Å². The van der Waals surface area contributed by atoms with Crippen LogP contribution in [0.2, 0.25) is 0 Å². The lowest BCUT2D eigenvalue weighted by Gasteiger charge is -2.10. The van der Waals surface area contributed by atoms with Crippen LogP contribution in [0.1, 0.15) is 21.7 Å². The number of carbonyl (C=O) groups excluding carboxylic acids is 2. The summed E-state index contributed by atoms with van der Waals surface area (Å²) in [5.41, 5.74) is 2.14. The molecular formula is C15H18N4O3. The van der Waals surface area contributed by atoms with Crippen LogP contribution in [0.4, 0.5) is 0 Å². The summed E-state index contributed by atoms with van der Waals surface area (Å²) in [5, 5.41) is 4.32. The topological polar surface area (TPSA) is 77.3 Å². The smallest absolute Gasteiger partial charge is 0.340 e. The van der Waals surface area contributed by atoms with E-state index in [1.165, 1.54) is 11.1 Å². The highest BCUT2D eigenvalue weighted by molar-refractivity contribution is 5.91. The van der Waals surface area contributed by atoms with Crippen LogP contribution in [0.25, 0.3) is 5.82 Å². The molecule has 116 valence electrons. The van der Waals surface area contributed by atoms with Crippen LogP contribution in [-0.4, -0.2) is 52.2 Å². The zero-order valence-electron chi connectivity index (χ0n) is 13.0. The van der Waals surface area contributed by atoms with E-state index in [0.717, 1.165) is 11.4 Å². The predicted molar refractivity (Wildman–Crippen MR) is 79.8 cm³/mol. The molecule has 7 nitrogen and oxygen atoms in total. The number of likely N-dealkylation sites (N-methyl/N-ethyl adjacent to an activating group) is 1. The number of ether oxygens (including phenoxy) is 1. The van der Waals surface area contributed by atoms with Gasteiger partial charge in [-0.2, -0.15) is 5.10 Å². The number of pyridine rings is 1. The van der Waals surface area contributed by atoms with E-state index in [9.17, 15) is 9.59 Å². The Bertz CT molecular complexity index is 689. The van der Waals surface area contributed by atoms with Crippen LogP contribution in [0.3, 0.4) is 0 Å². The van der Waals surface area contributed by atoms with Crippen molar-refractivity contribution < 1.29 is 14.3 Å². The maximum absolute atomic E-state index is 11.8. The van der Waals surface area contributed by atoms with E-state index < -0.39 is 5.97 Å². The minimum Gasteiger partial charge on any atom is -0.452 e. The van der Waals surface area contributed by atoms with E-state index in [4.69, 9.17) is 4.74 Å². The second-order valence-electron chi connectivity index (χ2n) is 5.11. The van der Waals surface area contributed by atoms with Gasteiger partial charge in [-0.15, -0.1) is 0 Å². The van der Waals surface area contributed by atoms with Gasteiger partial charge in [0.25, 0.3) is 5.91 Å². The summed E-state index contributed by atoms with van der Waals surface area (Å²) in [4.78, 5) is 28.8. The molecule has 0 saturated heterocycles. The van der Waals surface area contributed by atoms with Gasteiger partial charge in [0.1, 0.15) is 0 Å². The van der Waals surface area contributed by atoms with Crippen molar-refractivity contribution in [3.05, 3.63) is 41.3 Å². The monoisotopic (exact) mass is 302 g/mol. The van der Waals surface area contributed by atoms with Crippen molar-refractivity contribution in [1.82, 2.24) is 19.7 Å². The summed E-state index contributed by atoms with van der Waals surface area (Å²) >= 11 is 0. The summed E-state index contributed by atoms with van der Waals surface area (Å²) in [6.07, 6.45) is 1.41. The molecule has 0 spiro atoms. The van der Waals surface area contributed by atoms with Crippen molar-refractivity contribution in [1.29, 1.82) is 0 Å². The number of hydrogen-bond donors (Lipinski definition) is 0. The molecule has 0 N–H and O–H groups in total. The minimum absolute atomic E-state index is 0.277. The molecule has 0 fully saturated rings. The lowest BCUT2D eigenvalue weighted by atomic mass is 10.3. The van der Waals surface area contributed by atoms with Crippen molar-refractivity contribution in [3.8, 4) is 5.82 Å². The molecule has 22 heavy (non-hydrogen) atoms. The first-order chi connectivity index (χ1) is 10.4. The number of nitrogens with zero attached hydrogens (tertiary/aromatic N) is 4. The fourth-order valence-electron chi connectivity index (χ4n) is 1.83. The van der Waals surface area contributed by atoms with Gasteiger partial charge in [-0.3, -0.25) is 4.79 Å². The fourth-order valence-corrected chi connectivity index (χ4v) is 1.83. The predicted octanol–water partition coefficient (Wildman–Crippen LogP) is 1.13. The van der Waals surface area contributed by atoms with Gasteiger partial charge in [0.15, 0.2) is 12.4 Å². The van der Waals surface area contributed by atoms with E-state index in [0.29, 0.717) is 5.82 Å². The van der Waals surface area contributed by atoms with Crippen molar-refractivity contribution in [2.24, 2.45) is 0 Å². The highest BCUT2D eigenvalue weighted by Crippen LogP contribution is 2.10. The Morgan fingerprint density at radius 3 is 2.50 bits per heavy atom. The minimum atomic E-state index is -0.581. The van der Waals surface area contributed by atoms with Crippen LogP contribution in [-0.2, 0) is 9.53 Å². The first kappa shape index (κ1) is 15.7. The Balaban J connectivity index is 2.07. The third-order valence-electron chi connectivity index (χ3n) is 3.04. The summed E-state index contributed by atoms with van der Waals surface area (Å²) in [5.74, 6) is -0.241. The van der Waals surface area contributed by atoms with Crippen LogP contribution in [0, 0.1) is 13.8 Å². The first-order valence-corrected chi connectivity index (χ1v) is 6.75. The Kier molecular flexibility index (Phi) is 4.55. The summed E-state index contributed by atoms with van der Waals surface area (Å²) < 4.78 is 6.63. The van der Waals surface area contributed by atoms with Gasteiger partial charge in [0, 0.05) is 26.0 Å². The average Bonchev–Trinajstić information content (AvgIpc) is 2.83. The number of rotatable bonds is 4. The third kappa shape index (κ3) is 3.49. The second-order valence-corrected chi connectivity index (χ2v) is 5.11. The van der Waals surface area contributed by atoms with Crippen LogP contribution in [0.5, 0.6) is 0 Å². The molecule has 0 aromatic carbocycles. The van der Waals surface area contributed by atoms with Crippen molar-refractivity contribution in [2.45, 2.75) is 13.8 Å². The SMILES string of the molecule is Cc1cc(C)n(-c2ccc(C(=O)OCC(=O)N(C)C)cn2)n1. The van der Waals surface area contributed by atoms with Gasteiger partial charge < -0.3 is 9.64 Å². The Morgan fingerprint density at radius 2 is 2.00 bits per heavy atom. The fraction of sp³-hybridized carbons (Fsp3) is 0.333. The van der Waals surface area contributed by atoms with E-state index >= 15 is 0 Å². The number of carbonyl (C=O) groups is 2. The summed E-state index contributed by atoms with van der Waals surface area (Å²) in [6.45, 7) is 3.54. The Morgan fingerprint density at radius 1 is 1.27 bits per heavy atom. The zero-order valence-corrected chi connectivity index (χ0v) is 13.0. The van der Waals surface area contributed by atoms with Gasteiger partial charge >= 0.3 is 5.97 Å². The number of aryl methyl sites for hydroxylation is 2. The molecule has 0 bridgehead atoms. The normalized spacial score (nSPS) is 10.4. The maximum Gasteiger partial charge on any atom is 0.340 e. The molecule has 0 aliphatic heterocycles. The van der Waals surface area contributed by atoms with Crippen molar-refractivity contribution >= 4 is 11.9 Å². The quantitative estimate of drug-likeness (QED) is 0.791. The number of amides is 1. The second kappa shape index (κ2) is 6.38. The molecule has 0 atom stereocenters. The van der Waals surface area contributed by atoms with Crippen LogP contribution < -0.4 is 0 Å². The number of hydrogen-bond acceptors (Lipinski definition) is 5. The number of esters is 1. The van der Waals surface area contributed by atoms with Gasteiger partial charge in [-0.1, -0.05) is 0 Å². The molecule has 0 aliphatic rings. The van der Waals surface area contributed by atoms with E-state index in [1.807, 2.05) is 19.9 Å². The van der Waals surface area contributed by atoms with Crippen LogP contribution in [0.15, 0.2) is 24.4 Å². The highest BCUT2D eigenvalue weighted by Gasteiger charge is 2.12. The van der Waals surface area contributed by atoms with Crippen LogP contribution >= 0.6 is 0 Å². The molecular weight excluding hydrogens is 284 g/mol. The molecule has 0 radical (unpaired) electrons. The van der Waals surface area contributed by atoms with Gasteiger partial charge in [0.05, 0.1) is 11.3 Å². The molecule has 0 unspecified atom stereocenters. The molecule has 0 aliphatic carbocycles. The first-order valence-electron chi connectivity index (χ1n) is 6.75. The Hall–Kier alpha value is -2.70. The molecule has 7 heteroatoms. The molecule has 2 aromatic heterocycles. The standard InChI is InChI=1S/C15H18N4O3/c1-10-7-11(2)19(17-10)13-6-5-12(8-16-13)15(21)22-9-14(20)18(3)4/h5-8H,9H2,1-4H3.